The molecule has 0 radical (unpaired) electrons. The fourth-order valence-corrected chi connectivity index (χ4v) is 3.34. The van der Waals surface area contributed by atoms with Crippen LogP contribution in [0.2, 0.25) is 0 Å². The Labute approximate surface area is 157 Å². The van der Waals surface area contributed by atoms with Crippen molar-refractivity contribution >= 4 is 28.4 Å². The molecule has 144 valence electrons. The zero-order chi connectivity index (χ0) is 19.8. The lowest BCUT2D eigenvalue weighted by molar-refractivity contribution is -0.382. The van der Waals surface area contributed by atoms with Crippen LogP contribution in [0.4, 0.5) is 16.2 Å². The van der Waals surface area contributed by atoms with Crippen molar-refractivity contribution in [3.63, 3.8) is 0 Å². The van der Waals surface area contributed by atoms with Crippen molar-refractivity contribution in [3.8, 4) is 0 Å². The van der Waals surface area contributed by atoms with Crippen molar-refractivity contribution in [3.05, 3.63) is 40.6 Å². The minimum atomic E-state index is -0.557. The molecule has 1 fully saturated rings. The molecule has 1 atom stereocenters. The quantitative estimate of drug-likeness (QED) is 0.591. The maximum atomic E-state index is 12.4. The molecule has 1 aliphatic rings. The molecule has 1 amide bonds. The highest BCUT2D eigenvalue weighted by Gasteiger charge is 2.33. The summed E-state index contributed by atoms with van der Waals surface area (Å²) in [4.78, 5) is 31.6. The fraction of sp³-hybridized carbons (Fsp3) is 0.474. The predicted molar refractivity (Wildman–Crippen MR) is 103 cm³/mol. The molecule has 1 aliphatic heterocycles. The van der Waals surface area contributed by atoms with Crippen molar-refractivity contribution in [1.29, 1.82) is 0 Å². The van der Waals surface area contributed by atoms with Gasteiger partial charge in [0.2, 0.25) is 0 Å². The maximum Gasteiger partial charge on any atom is 0.410 e. The molecule has 1 aromatic carbocycles. The van der Waals surface area contributed by atoms with E-state index in [2.05, 4.69) is 4.98 Å². The molecular formula is C19H24N4O4. The number of rotatable bonds is 2. The van der Waals surface area contributed by atoms with Gasteiger partial charge in [0.15, 0.2) is 0 Å². The third-order valence-corrected chi connectivity index (χ3v) is 4.51. The first-order chi connectivity index (χ1) is 12.7. The highest BCUT2D eigenvalue weighted by molar-refractivity contribution is 5.94. The summed E-state index contributed by atoms with van der Waals surface area (Å²) >= 11 is 0. The Morgan fingerprint density at radius 2 is 2.04 bits per heavy atom. The average molecular weight is 372 g/mol. The molecule has 8 heteroatoms. The van der Waals surface area contributed by atoms with Crippen molar-refractivity contribution < 1.29 is 14.5 Å². The van der Waals surface area contributed by atoms with Crippen LogP contribution >= 0.6 is 0 Å². The lowest BCUT2D eigenvalue weighted by Crippen LogP contribution is -2.55. The molecule has 8 nitrogen and oxygen atoms in total. The molecule has 3 rings (SSSR count). The van der Waals surface area contributed by atoms with E-state index in [-0.39, 0.29) is 22.7 Å². The smallest absolute Gasteiger partial charge is 0.410 e. The van der Waals surface area contributed by atoms with Crippen LogP contribution in [0.5, 0.6) is 0 Å². The molecule has 0 saturated carbocycles. The molecular weight excluding hydrogens is 348 g/mol. The van der Waals surface area contributed by atoms with Gasteiger partial charge in [-0.2, -0.15) is 0 Å². The zero-order valence-electron chi connectivity index (χ0n) is 16.0. The molecule has 0 N–H and O–H groups in total. The summed E-state index contributed by atoms with van der Waals surface area (Å²) in [6.07, 6.45) is 1.26. The van der Waals surface area contributed by atoms with Crippen LogP contribution in [0.3, 0.4) is 0 Å². The molecule has 0 bridgehead atoms. The number of hydrogen-bond donors (Lipinski definition) is 0. The van der Waals surface area contributed by atoms with Gasteiger partial charge < -0.3 is 14.5 Å². The van der Waals surface area contributed by atoms with E-state index in [9.17, 15) is 14.9 Å². The number of nitro groups is 1. The molecule has 1 aromatic heterocycles. The van der Waals surface area contributed by atoms with Gasteiger partial charge in [-0.25, -0.2) is 4.79 Å². The summed E-state index contributed by atoms with van der Waals surface area (Å²) in [5.74, 6) is 0. The number of nitrogens with zero attached hydrogens (tertiary/aromatic N) is 4. The number of ether oxygens (including phenoxy) is 1. The van der Waals surface area contributed by atoms with Gasteiger partial charge in [-0.1, -0.05) is 0 Å². The van der Waals surface area contributed by atoms with Crippen molar-refractivity contribution in [2.75, 3.05) is 24.5 Å². The Balaban J connectivity index is 1.86. The van der Waals surface area contributed by atoms with Gasteiger partial charge in [-0.15, -0.1) is 0 Å². The lowest BCUT2D eigenvalue weighted by atomic mass is 10.1. The number of piperazine rings is 1. The Morgan fingerprint density at radius 1 is 1.30 bits per heavy atom. The van der Waals surface area contributed by atoms with Gasteiger partial charge in [-0.3, -0.25) is 15.1 Å². The number of benzene rings is 1. The first kappa shape index (κ1) is 18.9. The van der Waals surface area contributed by atoms with Gasteiger partial charge in [0.05, 0.1) is 15.8 Å². The monoisotopic (exact) mass is 372 g/mol. The van der Waals surface area contributed by atoms with Crippen LogP contribution < -0.4 is 4.90 Å². The largest absolute Gasteiger partial charge is 0.444 e. The average Bonchev–Trinajstić information content (AvgIpc) is 2.58. The van der Waals surface area contributed by atoms with Gasteiger partial charge in [0.1, 0.15) is 11.3 Å². The minimum Gasteiger partial charge on any atom is -0.444 e. The van der Waals surface area contributed by atoms with E-state index in [1.807, 2.05) is 32.6 Å². The van der Waals surface area contributed by atoms with Crippen LogP contribution in [0, 0.1) is 10.1 Å². The number of pyridine rings is 1. The lowest BCUT2D eigenvalue weighted by Gasteiger charge is -2.41. The Bertz CT molecular complexity index is 878. The molecule has 0 aliphatic carbocycles. The van der Waals surface area contributed by atoms with Crippen LogP contribution in [0.1, 0.15) is 27.7 Å². The van der Waals surface area contributed by atoms with Crippen LogP contribution in [0.15, 0.2) is 30.5 Å². The van der Waals surface area contributed by atoms with Crippen LogP contribution in [-0.4, -0.2) is 52.2 Å². The zero-order valence-corrected chi connectivity index (χ0v) is 16.0. The summed E-state index contributed by atoms with van der Waals surface area (Å²) in [7, 11) is 0. The molecule has 2 heterocycles. The van der Waals surface area contributed by atoms with Gasteiger partial charge in [0.25, 0.3) is 0 Å². The Kier molecular flexibility index (Phi) is 4.91. The second-order valence-corrected chi connectivity index (χ2v) is 7.73. The van der Waals surface area contributed by atoms with E-state index >= 15 is 0 Å². The predicted octanol–water partition coefficient (Wildman–Crippen LogP) is 3.59. The standard InChI is InChI=1S/C19H24N4O4/c1-13-12-21(10-11-22(13)18(24)27-19(2,3)4)16-8-7-15-14(6-5-9-20-15)17(16)23(25)26/h5-9,13H,10-12H2,1-4H3/t13-/m1/s1. The number of aromatic nitrogens is 1. The van der Waals surface area contributed by atoms with Gasteiger partial charge in [0, 0.05) is 31.9 Å². The van der Waals surface area contributed by atoms with Gasteiger partial charge >= 0.3 is 11.8 Å². The normalized spacial score (nSPS) is 17.9. The summed E-state index contributed by atoms with van der Waals surface area (Å²) < 4.78 is 5.46. The second kappa shape index (κ2) is 7.02. The number of carbonyl (C=O) groups is 1. The van der Waals surface area contributed by atoms with E-state index in [1.54, 1.807) is 35.4 Å². The first-order valence-electron chi connectivity index (χ1n) is 8.94. The highest BCUT2D eigenvalue weighted by atomic mass is 16.6. The number of fused-ring (bicyclic) bond motifs is 1. The molecule has 1 saturated heterocycles. The van der Waals surface area contributed by atoms with E-state index < -0.39 is 5.60 Å². The van der Waals surface area contributed by atoms with Crippen LogP contribution in [-0.2, 0) is 4.74 Å². The maximum absolute atomic E-state index is 12.4. The van der Waals surface area contributed by atoms with Gasteiger partial charge in [-0.05, 0) is 52.0 Å². The second-order valence-electron chi connectivity index (χ2n) is 7.73. The molecule has 27 heavy (non-hydrogen) atoms. The number of nitro benzene ring substituents is 1. The third kappa shape index (κ3) is 3.94. The van der Waals surface area contributed by atoms with E-state index in [4.69, 9.17) is 4.74 Å². The number of anilines is 1. The number of hydrogen-bond acceptors (Lipinski definition) is 6. The van der Waals surface area contributed by atoms with Crippen LogP contribution in [0.25, 0.3) is 10.9 Å². The van der Waals surface area contributed by atoms with E-state index in [0.29, 0.717) is 36.2 Å². The Morgan fingerprint density at radius 3 is 2.67 bits per heavy atom. The minimum absolute atomic E-state index is 0.0542. The number of amides is 1. The third-order valence-electron chi connectivity index (χ3n) is 4.51. The molecule has 0 unspecified atom stereocenters. The number of carbonyl (C=O) groups excluding carboxylic acids is 1. The van der Waals surface area contributed by atoms with Crippen molar-refractivity contribution in [1.82, 2.24) is 9.88 Å². The Hall–Kier alpha value is -2.90. The SMILES string of the molecule is C[C@@H]1CN(c2ccc3ncccc3c2[N+](=O)[O-])CCN1C(=O)OC(C)(C)C. The van der Waals surface area contributed by atoms with E-state index in [0.717, 1.165) is 0 Å². The molecule has 0 spiro atoms. The summed E-state index contributed by atoms with van der Waals surface area (Å²) in [5, 5.41) is 12.3. The van der Waals surface area contributed by atoms with E-state index in [1.165, 1.54) is 0 Å². The molecule has 2 aromatic rings. The van der Waals surface area contributed by atoms with Crippen molar-refractivity contribution in [2.45, 2.75) is 39.3 Å². The summed E-state index contributed by atoms with van der Waals surface area (Å²) in [6.45, 7) is 8.85. The summed E-state index contributed by atoms with van der Waals surface area (Å²) in [5.41, 5.74) is 0.640. The van der Waals surface area contributed by atoms with Crippen molar-refractivity contribution in [2.24, 2.45) is 0 Å². The first-order valence-corrected chi connectivity index (χ1v) is 8.94. The summed E-state index contributed by atoms with van der Waals surface area (Å²) in [6, 6.07) is 6.82. The fourth-order valence-electron chi connectivity index (χ4n) is 3.34. The highest BCUT2D eigenvalue weighted by Crippen LogP contribution is 2.36. The topological polar surface area (TPSA) is 88.8 Å².